The molecule has 12 heteroatoms. The Morgan fingerprint density at radius 2 is 1.74 bits per heavy atom. The molecule has 2 amide bonds. The number of halogens is 6. The Balaban J connectivity index is 1.85. The number of amides is 2. The molecule has 0 unspecified atom stereocenters. The lowest BCUT2D eigenvalue weighted by molar-refractivity contribution is -0.138. The molecule has 3 rings (SSSR count). The van der Waals surface area contributed by atoms with Gasteiger partial charge in [0.05, 0.1) is 24.4 Å². The second-order valence-corrected chi connectivity index (χ2v) is 7.07. The lowest BCUT2D eigenvalue weighted by Gasteiger charge is -2.15. The quantitative estimate of drug-likeness (QED) is 0.453. The summed E-state index contributed by atoms with van der Waals surface area (Å²) in [5.41, 5.74) is -1.46. The molecular weight excluding hydrogens is 495 g/mol. The number of nitrogens with one attached hydrogen (secondary N) is 1. The second-order valence-electron chi connectivity index (χ2n) is 6.21. The zero-order valence-corrected chi connectivity index (χ0v) is 16.9. The Morgan fingerprint density at radius 1 is 1.10 bits per heavy atom. The van der Waals surface area contributed by atoms with E-state index in [1.54, 1.807) is 0 Å². The summed E-state index contributed by atoms with van der Waals surface area (Å²) < 4.78 is 71.6. The molecule has 6 nitrogen and oxygen atoms in total. The van der Waals surface area contributed by atoms with Gasteiger partial charge in [0.1, 0.15) is 11.4 Å². The number of β-amino-alcohol motifs (C(OH)–C–C–N with tert-alkyl or cyclic N) is 1. The molecule has 2 aromatic carbocycles. The van der Waals surface area contributed by atoms with E-state index in [1.165, 1.54) is 18.2 Å². The molecule has 164 valence electrons. The Morgan fingerprint density at radius 3 is 2.32 bits per heavy atom. The Kier molecular flexibility index (Phi) is 6.32. The molecule has 0 spiro atoms. The summed E-state index contributed by atoms with van der Waals surface area (Å²) in [4.78, 5) is 24.9. The summed E-state index contributed by atoms with van der Waals surface area (Å²) in [6.07, 6.45) is -3.93. The molecule has 0 fully saturated rings. The van der Waals surface area contributed by atoms with E-state index in [0.29, 0.717) is 4.47 Å². The largest absolute Gasteiger partial charge is 0.451 e. The van der Waals surface area contributed by atoms with Crippen LogP contribution >= 0.6 is 15.9 Å². The Hall–Kier alpha value is -2.99. The highest BCUT2D eigenvalue weighted by atomic mass is 79.9. The molecule has 0 saturated heterocycles. The monoisotopic (exact) mass is 506 g/mol. The van der Waals surface area contributed by atoms with Crippen LogP contribution < -0.4 is 10.1 Å². The lowest BCUT2D eigenvalue weighted by Crippen LogP contribution is -2.34. The zero-order valence-electron chi connectivity index (χ0n) is 15.3. The molecule has 0 aromatic heterocycles. The number of rotatable bonds is 6. The van der Waals surface area contributed by atoms with Crippen LogP contribution in [0.2, 0.25) is 0 Å². The Bertz CT molecular complexity index is 1060. The molecule has 0 bridgehead atoms. The molecule has 1 aliphatic rings. The fraction of sp³-hybridized carbons (Fsp3) is 0.158. The first-order valence-corrected chi connectivity index (χ1v) is 9.29. The van der Waals surface area contributed by atoms with Crippen molar-refractivity contribution in [2.75, 3.05) is 18.5 Å². The minimum atomic E-state index is -4.93. The van der Waals surface area contributed by atoms with Gasteiger partial charge in [-0.15, -0.1) is 0 Å². The number of aliphatic hydroxyl groups excluding tert-OH is 1. The van der Waals surface area contributed by atoms with E-state index in [2.05, 4.69) is 21.2 Å². The van der Waals surface area contributed by atoms with Crippen LogP contribution in [0.5, 0.6) is 11.5 Å². The van der Waals surface area contributed by atoms with E-state index in [9.17, 15) is 31.5 Å². The molecule has 0 radical (unpaired) electrons. The number of anilines is 1. The fourth-order valence-electron chi connectivity index (χ4n) is 2.66. The van der Waals surface area contributed by atoms with Gasteiger partial charge in [-0.25, -0.2) is 8.78 Å². The number of alkyl halides is 3. The molecule has 0 aliphatic carbocycles. The van der Waals surface area contributed by atoms with Crippen LogP contribution in [0.1, 0.15) is 5.56 Å². The fourth-order valence-corrected chi connectivity index (χ4v) is 3.00. The van der Waals surface area contributed by atoms with Crippen molar-refractivity contribution in [3.05, 3.63) is 63.8 Å². The summed E-state index contributed by atoms with van der Waals surface area (Å²) in [5, 5.41) is 11.6. The van der Waals surface area contributed by atoms with Crippen LogP contribution in [0.4, 0.5) is 27.6 Å². The van der Waals surface area contributed by atoms with Crippen molar-refractivity contribution in [1.29, 1.82) is 0 Å². The summed E-state index contributed by atoms with van der Waals surface area (Å²) in [5.74, 6) is -5.64. The van der Waals surface area contributed by atoms with Gasteiger partial charge in [-0.1, -0.05) is 0 Å². The number of carbonyl (C=O) groups excluding carboxylic acids is 2. The van der Waals surface area contributed by atoms with Gasteiger partial charge >= 0.3 is 6.18 Å². The first kappa shape index (κ1) is 22.7. The van der Waals surface area contributed by atoms with Gasteiger partial charge in [-0.3, -0.25) is 14.5 Å². The van der Waals surface area contributed by atoms with Gasteiger partial charge in [0.15, 0.2) is 17.4 Å². The highest BCUT2D eigenvalue weighted by molar-refractivity contribution is 9.10. The molecule has 1 aliphatic heterocycles. The van der Waals surface area contributed by atoms with Crippen LogP contribution in [-0.4, -0.2) is 35.0 Å². The predicted molar refractivity (Wildman–Crippen MR) is 101 cm³/mol. The molecule has 1 heterocycles. The molecule has 31 heavy (non-hydrogen) atoms. The number of hydrogen-bond acceptors (Lipinski definition) is 5. The van der Waals surface area contributed by atoms with Gasteiger partial charge < -0.3 is 15.2 Å². The number of aliphatic hydroxyl groups is 1. The van der Waals surface area contributed by atoms with Crippen LogP contribution in [-0.2, 0) is 15.8 Å². The number of nitrogens with zero attached hydrogens (tertiary/aromatic N) is 1. The van der Waals surface area contributed by atoms with Gasteiger partial charge in [-0.2, -0.15) is 13.2 Å². The normalized spacial score (nSPS) is 14.2. The first-order chi connectivity index (χ1) is 14.5. The first-order valence-electron chi connectivity index (χ1n) is 8.50. The van der Waals surface area contributed by atoms with E-state index in [4.69, 9.17) is 9.84 Å². The van der Waals surface area contributed by atoms with Crippen LogP contribution in [0.25, 0.3) is 0 Å². The number of imide groups is 1. The third-order valence-corrected chi connectivity index (χ3v) is 4.78. The van der Waals surface area contributed by atoms with Crippen molar-refractivity contribution in [1.82, 2.24) is 4.90 Å². The lowest BCUT2D eigenvalue weighted by atomic mass is 10.2. The summed E-state index contributed by atoms with van der Waals surface area (Å²) in [7, 11) is 0. The maximum Gasteiger partial charge on any atom is 0.416 e. The third kappa shape index (κ3) is 4.85. The zero-order chi connectivity index (χ0) is 22.9. The van der Waals surface area contributed by atoms with E-state index in [1.807, 2.05) is 0 Å². The minimum Gasteiger partial charge on any atom is -0.451 e. The van der Waals surface area contributed by atoms with Crippen molar-refractivity contribution in [3.8, 4) is 11.5 Å². The highest BCUT2D eigenvalue weighted by Crippen LogP contribution is 2.37. The summed E-state index contributed by atoms with van der Waals surface area (Å²) in [6.45, 7) is -0.619. The van der Waals surface area contributed by atoms with Gasteiger partial charge in [-0.05, 0) is 40.2 Å². The van der Waals surface area contributed by atoms with Gasteiger partial charge in [0.25, 0.3) is 11.8 Å². The minimum absolute atomic E-state index is 0.111. The predicted octanol–water partition coefficient (Wildman–Crippen LogP) is 4.20. The topological polar surface area (TPSA) is 78.9 Å². The van der Waals surface area contributed by atoms with Crippen LogP contribution in [0.15, 0.2) is 46.6 Å². The highest BCUT2D eigenvalue weighted by Gasteiger charge is 2.33. The van der Waals surface area contributed by atoms with Gasteiger partial charge in [0.2, 0.25) is 0 Å². The van der Waals surface area contributed by atoms with Crippen molar-refractivity contribution in [2.24, 2.45) is 0 Å². The SMILES string of the molecule is O=C1C=C(Nc2cc(Oc3c(F)cc(C(F)(F)F)cc3F)ccc2Br)C(=O)N1CCO. The van der Waals surface area contributed by atoms with Gasteiger partial charge in [0, 0.05) is 16.6 Å². The molecule has 2 aromatic rings. The average molecular weight is 507 g/mol. The van der Waals surface area contributed by atoms with Crippen molar-refractivity contribution < 1.29 is 41.4 Å². The van der Waals surface area contributed by atoms with E-state index >= 15 is 0 Å². The molecule has 0 atom stereocenters. The van der Waals surface area contributed by atoms with Crippen LogP contribution in [0.3, 0.4) is 0 Å². The van der Waals surface area contributed by atoms with E-state index < -0.39 is 47.5 Å². The molecular formula is C19H12BrF5N2O4. The van der Waals surface area contributed by atoms with Crippen molar-refractivity contribution >= 4 is 33.4 Å². The number of benzene rings is 2. The average Bonchev–Trinajstić information content (AvgIpc) is 2.94. The van der Waals surface area contributed by atoms with Crippen molar-refractivity contribution in [2.45, 2.75) is 6.18 Å². The van der Waals surface area contributed by atoms with E-state index in [0.717, 1.165) is 11.0 Å². The van der Waals surface area contributed by atoms with Crippen LogP contribution in [0, 0.1) is 11.6 Å². The third-order valence-electron chi connectivity index (χ3n) is 4.09. The maximum atomic E-state index is 14.0. The maximum absolute atomic E-state index is 14.0. The second kappa shape index (κ2) is 8.63. The number of ether oxygens (including phenoxy) is 1. The number of hydrogen-bond donors (Lipinski definition) is 2. The van der Waals surface area contributed by atoms with E-state index in [-0.39, 0.29) is 35.8 Å². The Labute approximate surface area is 180 Å². The smallest absolute Gasteiger partial charge is 0.416 e. The molecule has 2 N–H and O–H groups in total. The summed E-state index contributed by atoms with van der Waals surface area (Å²) in [6, 6.07) is 4.11. The standard InChI is InChI=1S/C19H12BrF5N2O4/c20-11-2-1-10(31-17-12(21)5-9(6-13(17)22)19(23,24)25)7-14(11)26-15-8-16(29)27(3-4-28)18(15)30/h1-2,5-8,26,28H,3-4H2. The van der Waals surface area contributed by atoms with Crippen molar-refractivity contribution in [3.63, 3.8) is 0 Å². The summed E-state index contributed by atoms with van der Waals surface area (Å²) >= 11 is 3.20. The molecule has 0 saturated carbocycles. The number of carbonyl (C=O) groups is 2.